The van der Waals surface area contributed by atoms with Crippen molar-refractivity contribution in [2.45, 2.75) is 35.9 Å². The molecule has 1 aromatic heterocycles. The van der Waals surface area contributed by atoms with Gasteiger partial charge < -0.3 is 0 Å². The van der Waals surface area contributed by atoms with Gasteiger partial charge in [-0.15, -0.1) is 10.2 Å². The van der Waals surface area contributed by atoms with Crippen LogP contribution < -0.4 is 5.32 Å². The number of amides is 1. The van der Waals surface area contributed by atoms with Crippen molar-refractivity contribution in [3.8, 4) is 0 Å². The average Bonchev–Trinajstić information content (AvgIpc) is 3.09. The van der Waals surface area contributed by atoms with Crippen LogP contribution in [0.15, 0.2) is 33.5 Å². The number of carbonyl (C=O) groups is 1. The average molecular weight is 415 g/mol. The molecule has 0 bridgehead atoms. The van der Waals surface area contributed by atoms with Gasteiger partial charge in [-0.25, -0.2) is 8.42 Å². The van der Waals surface area contributed by atoms with Crippen molar-refractivity contribution in [1.82, 2.24) is 14.5 Å². The number of carbonyl (C=O) groups excluding carboxylic acids is 1. The van der Waals surface area contributed by atoms with Gasteiger partial charge in [0.2, 0.25) is 15.2 Å². The van der Waals surface area contributed by atoms with E-state index in [0.29, 0.717) is 23.8 Å². The zero-order valence-corrected chi connectivity index (χ0v) is 17.4. The molecule has 0 saturated carbocycles. The van der Waals surface area contributed by atoms with Gasteiger partial charge in [0, 0.05) is 18.7 Å². The Morgan fingerprint density at radius 1 is 1.15 bits per heavy atom. The summed E-state index contributed by atoms with van der Waals surface area (Å²) in [6.07, 6.45) is 3.38. The van der Waals surface area contributed by atoms with Gasteiger partial charge in [-0.2, -0.15) is 4.31 Å². The molecule has 0 spiro atoms. The Labute approximate surface area is 162 Å². The SMILES string of the molecule is CCCN(CCC)S(=O)(=O)c1ccc(C(=O)Nc2nnc(SC)s2)cc1. The first kappa shape index (κ1) is 20.8. The number of benzene rings is 1. The molecule has 0 unspecified atom stereocenters. The zero-order chi connectivity index (χ0) is 19.2. The number of hydrogen-bond donors (Lipinski definition) is 1. The minimum Gasteiger partial charge on any atom is -0.296 e. The molecule has 1 N–H and O–H groups in total. The smallest absolute Gasteiger partial charge is 0.257 e. The second kappa shape index (κ2) is 9.45. The largest absolute Gasteiger partial charge is 0.296 e. The Morgan fingerprint density at radius 2 is 1.77 bits per heavy atom. The molecule has 10 heteroatoms. The summed E-state index contributed by atoms with van der Waals surface area (Å²) in [5, 5.41) is 10.9. The van der Waals surface area contributed by atoms with Gasteiger partial charge in [-0.1, -0.05) is 36.9 Å². The van der Waals surface area contributed by atoms with Crippen LogP contribution in [0.1, 0.15) is 37.0 Å². The van der Waals surface area contributed by atoms with Crippen molar-refractivity contribution in [1.29, 1.82) is 0 Å². The van der Waals surface area contributed by atoms with E-state index in [-0.39, 0.29) is 10.8 Å². The standard InChI is InChI=1S/C16H22N4O3S3/c1-4-10-20(11-5-2)26(22,23)13-8-6-12(7-9-13)14(21)17-15-18-19-16(24-3)25-15/h6-9H,4-5,10-11H2,1-3H3,(H,17,18,21). The third-order valence-electron chi connectivity index (χ3n) is 3.50. The molecule has 26 heavy (non-hydrogen) atoms. The summed E-state index contributed by atoms with van der Waals surface area (Å²) in [6, 6.07) is 5.95. The van der Waals surface area contributed by atoms with Crippen LogP contribution in [0.4, 0.5) is 5.13 Å². The van der Waals surface area contributed by atoms with Crippen molar-refractivity contribution in [2.24, 2.45) is 0 Å². The van der Waals surface area contributed by atoms with Crippen LogP contribution >= 0.6 is 23.1 Å². The first-order chi connectivity index (χ1) is 12.4. The third kappa shape index (κ3) is 5.03. The topological polar surface area (TPSA) is 92.3 Å². The van der Waals surface area contributed by atoms with Gasteiger partial charge in [0.1, 0.15) is 0 Å². The highest BCUT2D eigenvalue weighted by Gasteiger charge is 2.23. The van der Waals surface area contributed by atoms with E-state index in [9.17, 15) is 13.2 Å². The highest BCUT2D eigenvalue weighted by atomic mass is 32.2. The fourth-order valence-electron chi connectivity index (χ4n) is 2.29. The Balaban J connectivity index is 2.14. The monoisotopic (exact) mass is 414 g/mol. The van der Waals surface area contributed by atoms with E-state index in [0.717, 1.165) is 17.2 Å². The van der Waals surface area contributed by atoms with Crippen LogP contribution in [0, 0.1) is 0 Å². The van der Waals surface area contributed by atoms with E-state index in [1.165, 1.54) is 51.7 Å². The number of hydrogen-bond acceptors (Lipinski definition) is 7. The minimum atomic E-state index is -3.55. The van der Waals surface area contributed by atoms with Crippen LogP contribution in [-0.4, -0.2) is 48.2 Å². The van der Waals surface area contributed by atoms with Crippen LogP contribution in [0.2, 0.25) is 0 Å². The number of sulfonamides is 1. The molecule has 0 aliphatic carbocycles. The number of anilines is 1. The lowest BCUT2D eigenvalue weighted by Crippen LogP contribution is -2.32. The first-order valence-electron chi connectivity index (χ1n) is 8.21. The van der Waals surface area contributed by atoms with E-state index < -0.39 is 10.0 Å². The quantitative estimate of drug-likeness (QED) is 0.500. The normalized spacial score (nSPS) is 11.7. The molecular weight excluding hydrogens is 392 g/mol. The Hall–Kier alpha value is -1.49. The first-order valence-corrected chi connectivity index (χ1v) is 11.7. The maximum absolute atomic E-state index is 12.7. The summed E-state index contributed by atoms with van der Waals surface area (Å²) in [5.41, 5.74) is 0.363. The number of nitrogens with one attached hydrogen (secondary N) is 1. The maximum Gasteiger partial charge on any atom is 0.257 e. The second-order valence-electron chi connectivity index (χ2n) is 5.46. The molecular formula is C16H22N4O3S3. The summed E-state index contributed by atoms with van der Waals surface area (Å²) in [4.78, 5) is 12.5. The van der Waals surface area contributed by atoms with Gasteiger partial charge in [-0.3, -0.25) is 10.1 Å². The van der Waals surface area contributed by atoms with Crippen molar-refractivity contribution in [3.05, 3.63) is 29.8 Å². The molecule has 0 fully saturated rings. The predicted molar refractivity (Wildman–Crippen MR) is 105 cm³/mol. The number of rotatable bonds is 9. The maximum atomic E-state index is 12.7. The summed E-state index contributed by atoms with van der Waals surface area (Å²) in [7, 11) is -3.55. The summed E-state index contributed by atoms with van der Waals surface area (Å²) < 4.78 is 27.7. The van der Waals surface area contributed by atoms with Gasteiger partial charge in [0.05, 0.1) is 4.90 Å². The molecule has 0 saturated heterocycles. The molecule has 1 aromatic carbocycles. The molecule has 2 rings (SSSR count). The summed E-state index contributed by atoms with van der Waals surface area (Å²) >= 11 is 2.73. The van der Waals surface area contributed by atoms with Crippen molar-refractivity contribution in [3.63, 3.8) is 0 Å². The van der Waals surface area contributed by atoms with Crippen LogP contribution in [0.25, 0.3) is 0 Å². The highest BCUT2D eigenvalue weighted by Crippen LogP contribution is 2.24. The minimum absolute atomic E-state index is 0.191. The molecule has 0 radical (unpaired) electrons. The predicted octanol–water partition coefficient (Wildman–Crippen LogP) is 3.32. The number of nitrogens with zero attached hydrogens (tertiary/aromatic N) is 3. The number of thioether (sulfide) groups is 1. The van der Waals surface area contributed by atoms with E-state index in [1.54, 1.807) is 0 Å². The fraction of sp³-hybridized carbons (Fsp3) is 0.438. The Kier molecular flexibility index (Phi) is 7.56. The molecule has 2 aromatic rings. The molecule has 1 heterocycles. The van der Waals surface area contributed by atoms with Gasteiger partial charge in [0.15, 0.2) is 4.34 Å². The van der Waals surface area contributed by atoms with Gasteiger partial charge in [-0.05, 0) is 43.4 Å². The molecule has 1 amide bonds. The Bertz CT molecular complexity index is 829. The summed E-state index contributed by atoms with van der Waals surface area (Å²) in [5.74, 6) is -0.350. The molecule has 0 aliphatic heterocycles. The third-order valence-corrected chi connectivity index (χ3v) is 7.23. The van der Waals surface area contributed by atoms with E-state index >= 15 is 0 Å². The Morgan fingerprint density at radius 3 is 2.27 bits per heavy atom. The number of aromatic nitrogens is 2. The molecule has 0 aliphatic rings. The summed E-state index contributed by atoms with van der Waals surface area (Å²) in [6.45, 7) is 4.85. The van der Waals surface area contributed by atoms with E-state index in [2.05, 4.69) is 15.5 Å². The molecule has 0 atom stereocenters. The molecule has 7 nitrogen and oxygen atoms in total. The lowest BCUT2D eigenvalue weighted by atomic mass is 10.2. The van der Waals surface area contributed by atoms with Crippen LogP contribution in [-0.2, 0) is 10.0 Å². The van der Waals surface area contributed by atoms with Crippen molar-refractivity contribution >= 4 is 44.2 Å². The second-order valence-corrected chi connectivity index (χ2v) is 9.43. The van der Waals surface area contributed by atoms with Gasteiger partial charge >= 0.3 is 0 Å². The van der Waals surface area contributed by atoms with E-state index in [4.69, 9.17) is 0 Å². The lowest BCUT2D eigenvalue weighted by molar-refractivity contribution is 0.102. The van der Waals surface area contributed by atoms with Crippen LogP contribution in [0.5, 0.6) is 0 Å². The van der Waals surface area contributed by atoms with Crippen molar-refractivity contribution in [2.75, 3.05) is 24.7 Å². The highest BCUT2D eigenvalue weighted by molar-refractivity contribution is 8.00. The zero-order valence-electron chi connectivity index (χ0n) is 14.9. The van der Waals surface area contributed by atoms with E-state index in [1.807, 2.05) is 20.1 Å². The fourth-order valence-corrected chi connectivity index (χ4v) is 5.08. The van der Waals surface area contributed by atoms with Gasteiger partial charge in [0.25, 0.3) is 5.91 Å². The molecule has 142 valence electrons. The van der Waals surface area contributed by atoms with Crippen molar-refractivity contribution < 1.29 is 13.2 Å². The van der Waals surface area contributed by atoms with Crippen LogP contribution in [0.3, 0.4) is 0 Å². The lowest BCUT2D eigenvalue weighted by Gasteiger charge is -2.21.